The number of H-pyrrole nitrogens is 1. The van der Waals surface area contributed by atoms with Gasteiger partial charge in [0.05, 0.1) is 0 Å². The van der Waals surface area contributed by atoms with E-state index in [-0.39, 0.29) is 0 Å². The minimum absolute atomic E-state index is 0.971. The van der Waals surface area contributed by atoms with E-state index in [1.807, 2.05) is 12.1 Å². The monoisotopic (exact) mass is 287 g/mol. The molecule has 8 heteroatoms. The van der Waals surface area contributed by atoms with Crippen LogP contribution in [0.15, 0.2) is 18.2 Å². The second kappa shape index (κ2) is 7.17. The molecule has 2 aromatic rings. The van der Waals surface area contributed by atoms with Gasteiger partial charge in [-0.15, -0.1) is 0 Å². The van der Waals surface area contributed by atoms with E-state index in [4.69, 9.17) is 17.5 Å². The first kappa shape index (κ1) is 15.5. The highest BCUT2D eigenvalue weighted by Crippen LogP contribution is 2.15. The topological polar surface area (TPSA) is 116 Å². The zero-order valence-electron chi connectivity index (χ0n) is 10.6. The van der Waals surface area contributed by atoms with Crippen LogP contribution in [0, 0.1) is 0 Å². The molecule has 7 nitrogen and oxygen atoms in total. The van der Waals surface area contributed by atoms with Gasteiger partial charge in [0.2, 0.25) is 0 Å². The third-order valence-electron chi connectivity index (χ3n) is 2.48. The smallest absolute Gasteiger partial charge is 0.264 e. The molecule has 1 heterocycles. The van der Waals surface area contributed by atoms with Gasteiger partial charge in [-0.05, 0) is 24.5 Å². The van der Waals surface area contributed by atoms with Gasteiger partial charge in [-0.2, -0.15) is 23.8 Å². The van der Waals surface area contributed by atoms with Crippen LogP contribution < -0.4 is 0 Å². The number of benzene rings is 1. The fourth-order valence-electron chi connectivity index (χ4n) is 1.69. The van der Waals surface area contributed by atoms with Gasteiger partial charge in [-0.3, -0.25) is 9.11 Å². The molecule has 0 unspecified atom stereocenters. The summed E-state index contributed by atoms with van der Waals surface area (Å²) in [5.41, 5.74) is 3.31. The minimum atomic E-state index is -4.67. The third-order valence-corrected chi connectivity index (χ3v) is 2.48. The van der Waals surface area contributed by atoms with E-state index in [9.17, 15) is 0 Å². The molecule has 1 aromatic carbocycles. The predicted octanol–water partition coefficient (Wildman–Crippen LogP) is 2.04. The van der Waals surface area contributed by atoms with Crippen LogP contribution in [0.3, 0.4) is 0 Å². The standard InChI is InChI=1S/C11H15N3.H2O4S/c1-2-3-4-6-9-7-5-8-10-11(9)13-14-12-10;1-5(2,3)4/h5,7-8H,2-4,6H2,1H3,(H,12,13,14);(H2,1,2,3,4). The Morgan fingerprint density at radius 1 is 1.21 bits per heavy atom. The van der Waals surface area contributed by atoms with Crippen LogP contribution in [-0.4, -0.2) is 32.9 Å². The van der Waals surface area contributed by atoms with Crippen LogP contribution in [0.4, 0.5) is 0 Å². The summed E-state index contributed by atoms with van der Waals surface area (Å²) in [5.74, 6) is 0. The lowest BCUT2D eigenvalue weighted by Gasteiger charge is -2.00. The van der Waals surface area contributed by atoms with Crippen LogP contribution >= 0.6 is 0 Å². The van der Waals surface area contributed by atoms with Gasteiger partial charge in [0.25, 0.3) is 0 Å². The molecule has 2 rings (SSSR count). The summed E-state index contributed by atoms with van der Waals surface area (Å²) in [6.45, 7) is 2.22. The van der Waals surface area contributed by atoms with Crippen molar-refractivity contribution >= 4 is 21.4 Å². The van der Waals surface area contributed by atoms with Gasteiger partial charge in [-0.25, -0.2) is 0 Å². The molecule has 106 valence electrons. The number of rotatable bonds is 4. The molecule has 0 bridgehead atoms. The molecule has 0 aliphatic heterocycles. The van der Waals surface area contributed by atoms with Gasteiger partial charge in [-0.1, -0.05) is 31.9 Å². The Bertz CT molecular complexity index is 601. The van der Waals surface area contributed by atoms with E-state index in [0.717, 1.165) is 17.5 Å². The maximum absolute atomic E-state index is 8.74. The SMILES string of the molecule is CCCCCc1cccc2n[nH]nc12.O=S(=O)(O)O. The fraction of sp³-hybridized carbons (Fsp3) is 0.455. The molecule has 0 saturated carbocycles. The average Bonchev–Trinajstić information content (AvgIpc) is 2.76. The largest absolute Gasteiger partial charge is 0.394 e. The molecule has 1 aromatic heterocycles. The van der Waals surface area contributed by atoms with E-state index in [1.54, 1.807) is 0 Å². The van der Waals surface area contributed by atoms with Crippen molar-refractivity contribution in [3.05, 3.63) is 23.8 Å². The molecule has 0 spiro atoms. The highest BCUT2D eigenvalue weighted by molar-refractivity contribution is 7.79. The number of nitrogens with one attached hydrogen (secondary N) is 1. The third kappa shape index (κ3) is 6.27. The number of aryl methyl sites for hydroxylation is 1. The normalized spacial score (nSPS) is 11.1. The molecule has 19 heavy (non-hydrogen) atoms. The summed E-state index contributed by atoms with van der Waals surface area (Å²) in [6.07, 6.45) is 4.89. The van der Waals surface area contributed by atoms with Crippen molar-refractivity contribution in [3.63, 3.8) is 0 Å². The Morgan fingerprint density at radius 2 is 1.89 bits per heavy atom. The highest BCUT2D eigenvalue weighted by Gasteiger charge is 2.03. The van der Waals surface area contributed by atoms with Crippen molar-refractivity contribution in [1.29, 1.82) is 0 Å². The number of nitrogens with zero attached hydrogens (tertiary/aromatic N) is 2. The summed E-state index contributed by atoms with van der Waals surface area (Å²) in [6, 6.07) is 6.18. The van der Waals surface area contributed by atoms with Gasteiger partial charge in [0.15, 0.2) is 0 Å². The lowest BCUT2D eigenvalue weighted by Crippen LogP contribution is -1.89. The first-order valence-corrected chi connectivity index (χ1v) is 7.29. The van der Waals surface area contributed by atoms with E-state index >= 15 is 0 Å². The van der Waals surface area contributed by atoms with Crippen molar-refractivity contribution in [2.45, 2.75) is 32.6 Å². The molecule has 0 fully saturated rings. The molecule has 0 aliphatic rings. The average molecular weight is 287 g/mol. The number of fused-ring (bicyclic) bond motifs is 1. The lowest BCUT2D eigenvalue weighted by atomic mass is 10.1. The molecular weight excluding hydrogens is 270 g/mol. The maximum Gasteiger partial charge on any atom is 0.394 e. The Balaban J connectivity index is 0.000000312. The Morgan fingerprint density at radius 3 is 2.53 bits per heavy atom. The molecule has 0 radical (unpaired) electrons. The van der Waals surface area contributed by atoms with Gasteiger partial charge in [0, 0.05) is 0 Å². The molecule has 0 atom stereocenters. The van der Waals surface area contributed by atoms with E-state index in [0.29, 0.717) is 0 Å². The van der Waals surface area contributed by atoms with E-state index in [1.165, 1.54) is 24.8 Å². The fourth-order valence-corrected chi connectivity index (χ4v) is 1.69. The summed E-state index contributed by atoms with van der Waals surface area (Å²) in [4.78, 5) is 0. The van der Waals surface area contributed by atoms with Crippen molar-refractivity contribution in [3.8, 4) is 0 Å². The van der Waals surface area contributed by atoms with Crippen molar-refractivity contribution in [2.24, 2.45) is 0 Å². The van der Waals surface area contributed by atoms with E-state index in [2.05, 4.69) is 28.4 Å². The molecule has 3 N–H and O–H groups in total. The van der Waals surface area contributed by atoms with Gasteiger partial charge >= 0.3 is 10.4 Å². The van der Waals surface area contributed by atoms with Crippen LogP contribution in [-0.2, 0) is 16.8 Å². The summed E-state index contributed by atoms with van der Waals surface area (Å²) in [7, 11) is -4.67. The maximum atomic E-state index is 8.74. The number of para-hydroxylation sites is 1. The Hall–Kier alpha value is -1.51. The quantitative estimate of drug-likeness (QED) is 0.585. The lowest BCUT2D eigenvalue weighted by molar-refractivity contribution is 0.381. The first-order valence-electron chi connectivity index (χ1n) is 5.90. The Labute approximate surface area is 111 Å². The number of aromatic amines is 1. The van der Waals surface area contributed by atoms with Crippen LogP contribution in [0.5, 0.6) is 0 Å². The summed E-state index contributed by atoms with van der Waals surface area (Å²) < 4.78 is 31.6. The van der Waals surface area contributed by atoms with Gasteiger partial charge < -0.3 is 0 Å². The summed E-state index contributed by atoms with van der Waals surface area (Å²) >= 11 is 0. The van der Waals surface area contributed by atoms with E-state index < -0.39 is 10.4 Å². The van der Waals surface area contributed by atoms with Crippen LogP contribution in [0.1, 0.15) is 31.7 Å². The van der Waals surface area contributed by atoms with Crippen LogP contribution in [0.25, 0.3) is 11.0 Å². The zero-order valence-corrected chi connectivity index (χ0v) is 11.4. The Kier molecular flexibility index (Phi) is 5.87. The summed E-state index contributed by atoms with van der Waals surface area (Å²) in [5, 5.41) is 10.9. The highest BCUT2D eigenvalue weighted by atomic mass is 32.3. The second-order valence-corrected chi connectivity index (χ2v) is 4.91. The number of hydrogen-bond donors (Lipinski definition) is 3. The second-order valence-electron chi connectivity index (χ2n) is 4.01. The van der Waals surface area contributed by atoms with Crippen molar-refractivity contribution in [1.82, 2.24) is 15.4 Å². The van der Waals surface area contributed by atoms with Crippen molar-refractivity contribution in [2.75, 3.05) is 0 Å². The number of unbranched alkanes of at least 4 members (excludes halogenated alkanes) is 2. The molecule has 0 amide bonds. The van der Waals surface area contributed by atoms with Crippen LogP contribution in [0.2, 0.25) is 0 Å². The molecule has 0 aliphatic carbocycles. The minimum Gasteiger partial charge on any atom is -0.264 e. The zero-order chi connectivity index (χ0) is 14.3. The number of hydrogen-bond acceptors (Lipinski definition) is 4. The van der Waals surface area contributed by atoms with Crippen molar-refractivity contribution < 1.29 is 17.5 Å². The van der Waals surface area contributed by atoms with Gasteiger partial charge in [0.1, 0.15) is 11.0 Å². The molecule has 0 saturated heterocycles. The molecular formula is C11H17N3O4S. The first-order chi connectivity index (χ1) is 8.92. The number of aromatic nitrogens is 3. The predicted molar refractivity (Wildman–Crippen MR) is 71.3 cm³/mol.